The molecule has 0 radical (unpaired) electrons. The summed E-state index contributed by atoms with van der Waals surface area (Å²) >= 11 is 0. The minimum absolute atomic E-state index is 0.211. The van der Waals surface area contributed by atoms with E-state index in [2.05, 4.69) is 37.9 Å². The van der Waals surface area contributed by atoms with E-state index < -0.39 is 0 Å². The van der Waals surface area contributed by atoms with Crippen LogP contribution in [0.1, 0.15) is 28.0 Å². The largest absolute Gasteiger partial charge is 0.346 e. The topological polar surface area (TPSA) is 14.3 Å². The van der Waals surface area contributed by atoms with Crippen molar-refractivity contribution < 1.29 is 13.4 Å². The molecular formula is C30H22FNO. The van der Waals surface area contributed by atoms with Crippen LogP contribution >= 0.6 is 0 Å². The first-order valence-electron chi connectivity index (χ1n) is 11.0. The molecule has 0 N–H and O–H groups in total. The maximum Gasteiger partial charge on any atom is 0.213 e. The van der Waals surface area contributed by atoms with Crippen molar-refractivity contribution in [3.8, 4) is 11.1 Å². The van der Waals surface area contributed by atoms with Crippen LogP contribution in [0.2, 0.25) is 0 Å². The van der Waals surface area contributed by atoms with Crippen molar-refractivity contribution in [2.24, 2.45) is 0 Å². The molecular weight excluding hydrogens is 409 g/mol. The van der Waals surface area contributed by atoms with E-state index in [0.29, 0.717) is 5.39 Å². The third kappa shape index (κ3) is 2.93. The second-order valence-electron chi connectivity index (χ2n) is 8.56. The van der Waals surface area contributed by atoms with Crippen molar-refractivity contribution in [2.45, 2.75) is 13.8 Å². The number of nitrogens with zero attached hydrogens (tertiary/aromatic N) is 1. The van der Waals surface area contributed by atoms with E-state index in [4.69, 9.17) is 4.42 Å². The molecule has 0 saturated heterocycles. The fourth-order valence-electron chi connectivity index (χ4n) is 4.97. The summed E-state index contributed by atoms with van der Waals surface area (Å²) in [6.07, 6.45) is 3.96. The van der Waals surface area contributed by atoms with E-state index in [1.807, 2.05) is 60.2 Å². The lowest BCUT2D eigenvalue weighted by atomic mass is 9.85. The van der Waals surface area contributed by atoms with Crippen molar-refractivity contribution in [1.82, 2.24) is 0 Å². The van der Waals surface area contributed by atoms with Crippen LogP contribution in [-0.4, -0.2) is 11.3 Å². The van der Waals surface area contributed by atoms with Gasteiger partial charge < -0.3 is 4.42 Å². The highest BCUT2D eigenvalue weighted by Gasteiger charge is 2.28. The summed E-state index contributed by atoms with van der Waals surface area (Å²) < 4.78 is 22.5. The first kappa shape index (κ1) is 19.6. The van der Waals surface area contributed by atoms with Gasteiger partial charge in [0.25, 0.3) is 0 Å². The number of aryl methyl sites for hydroxylation is 2. The number of furan rings is 1. The van der Waals surface area contributed by atoms with Crippen LogP contribution < -0.4 is 0 Å². The summed E-state index contributed by atoms with van der Waals surface area (Å²) in [5.41, 5.74) is 7.26. The lowest BCUT2D eigenvalue weighted by molar-refractivity contribution is -0.418. The monoisotopic (exact) mass is 431 g/mol. The van der Waals surface area contributed by atoms with Crippen molar-refractivity contribution in [3.05, 3.63) is 119 Å². The molecule has 4 aromatic carbocycles. The zero-order valence-corrected chi connectivity index (χ0v) is 18.5. The summed E-state index contributed by atoms with van der Waals surface area (Å²) in [4.78, 5) is 0. The highest BCUT2D eigenvalue weighted by Crippen LogP contribution is 2.42. The molecule has 2 nitrogen and oxygen atoms in total. The van der Waals surface area contributed by atoms with Crippen molar-refractivity contribution >= 4 is 34.5 Å². The minimum Gasteiger partial charge on any atom is -0.346 e. The number of fused-ring (bicyclic) bond motifs is 4. The van der Waals surface area contributed by atoms with Gasteiger partial charge in [-0.25, -0.2) is 8.97 Å². The first-order valence-corrected chi connectivity index (χ1v) is 11.0. The Morgan fingerprint density at radius 3 is 2.55 bits per heavy atom. The standard InChI is InChI=1S/C30H22FNO/c1-18-16-27-26(20-8-5-4-6-9-20)17-25(19(2)30(27)33-18)29-24-13-12-23-21(10-7-11-28(23)31)22(24)14-15-32(29)3/h4-17H,3H2,1-2H3. The summed E-state index contributed by atoms with van der Waals surface area (Å²) in [5.74, 6) is 0.668. The van der Waals surface area contributed by atoms with Crippen LogP contribution in [0.3, 0.4) is 0 Å². The molecule has 0 saturated carbocycles. The second-order valence-corrected chi connectivity index (χ2v) is 8.56. The Labute approximate surface area is 191 Å². The summed E-state index contributed by atoms with van der Waals surface area (Å²) in [7, 11) is 0. The summed E-state index contributed by atoms with van der Waals surface area (Å²) in [6.45, 7) is 8.36. The molecule has 3 heteroatoms. The maximum absolute atomic E-state index is 14.5. The predicted molar refractivity (Wildman–Crippen MR) is 133 cm³/mol. The van der Waals surface area contributed by atoms with E-state index in [9.17, 15) is 4.39 Å². The van der Waals surface area contributed by atoms with Gasteiger partial charge in [0.2, 0.25) is 5.76 Å². The second kappa shape index (κ2) is 7.21. The smallest absolute Gasteiger partial charge is 0.213 e. The number of halogens is 1. The minimum atomic E-state index is -0.211. The molecule has 0 atom stereocenters. The molecule has 0 unspecified atom stereocenters. The van der Waals surface area contributed by atoms with Gasteiger partial charge >= 0.3 is 0 Å². The highest BCUT2D eigenvalue weighted by atomic mass is 19.1. The Morgan fingerprint density at radius 2 is 1.73 bits per heavy atom. The molecule has 0 bridgehead atoms. The number of benzene rings is 4. The average molecular weight is 432 g/mol. The van der Waals surface area contributed by atoms with Gasteiger partial charge in [-0.05, 0) is 45.3 Å². The molecule has 0 spiro atoms. The average Bonchev–Trinajstić information content (AvgIpc) is 3.22. The Kier molecular flexibility index (Phi) is 4.27. The normalized spacial score (nSPS) is 13.2. The predicted octanol–water partition coefficient (Wildman–Crippen LogP) is 7.63. The maximum atomic E-state index is 14.5. The lowest BCUT2D eigenvalue weighted by Crippen LogP contribution is -2.20. The van der Waals surface area contributed by atoms with E-state index in [0.717, 1.165) is 61.5 Å². The Bertz CT molecular complexity index is 1610. The summed E-state index contributed by atoms with van der Waals surface area (Å²) in [5, 5.41) is 2.62. The Morgan fingerprint density at radius 1 is 0.909 bits per heavy atom. The Hall–Kier alpha value is -4.11. The number of rotatable bonds is 2. The van der Waals surface area contributed by atoms with Crippen LogP contribution in [0.5, 0.6) is 0 Å². The van der Waals surface area contributed by atoms with E-state index in [1.54, 1.807) is 6.07 Å². The number of hydrogen-bond acceptors (Lipinski definition) is 0. The molecule has 0 aliphatic carbocycles. The third-order valence-electron chi connectivity index (χ3n) is 6.53. The van der Waals surface area contributed by atoms with Gasteiger partial charge in [-0.3, -0.25) is 0 Å². The van der Waals surface area contributed by atoms with E-state index in [-0.39, 0.29) is 5.82 Å². The van der Waals surface area contributed by atoms with Crippen LogP contribution in [0.25, 0.3) is 38.9 Å². The van der Waals surface area contributed by atoms with Crippen molar-refractivity contribution in [2.75, 3.05) is 0 Å². The quantitative estimate of drug-likeness (QED) is 0.159. The van der Waals surface area contributed by atoms with Crippen LogP contribution in [0, 0.1) is 25.7 Å². The van der Waals surface area contributed by atoms with Gasteiger partial charge in [-0.2, -0.15) is 0 Å². The molecule has 1 aromatic heterocycles. The SMILES string of the molecule is C=[N+]1C=Cc2c(ccc3c(F)cccc23)[C-]1c1cc(-c2ccccc2)c2c[c-](C)[o+]c2c1C. The van der Waals surface area contributed by atoms with Gasteiger partial charge in [-0.1, -0.05) is 84.6 Å². The summed E-state index contributed by atoms with van der Waals surface area (Å²) in [6, 6.07) is 24.8. The van der Waals surface area contributed by atoms with Gasteiger partial charge in [0.1, 0.15) is 12.0 Å². The molecule has 0 fully saturated rings. The van der Waals surface area contributed by atoms with Crippen LogP contribution in [-0.2, 0) is 0 Å². The zero-order valence-electron chi connectivity index (χ0n) is 18.5. The van der Waals surface area contributed by atoms with E-state index in [1.165, 1.54) is 6.07 Å². The zero-order chi connectivity index (χ0) is 22.7. The first-order chi connectivity index (χ1) is 16.0. The fourth-order valence-corrected chi connectivity index (χ4v) is 4.97. The van der Waals surface area contributed by atoms with Crippen molar-refractivity contribution in [3.63, 3.8) is 0 Å². The lowest BCUT2D eigenvalue weighted by Gasteiger charge is -2.27. The molecule has 0 amide bonds. The molecule has 160 valence electrons. The third-order valence-corrected chi connectivity index (χ3v) is 6.53. The molecule has 6 rings (SSSR count). The molecule has 1 aliphatic heterocycles. The highest BCUT2D eigenvalue weighted by molar-refractivity contribution is 5.98. The van der Waals surface area contributed by atoms with Gasteiger partial charge in [-0.15, -0.1) is 0 Å². The fraction of sp³-hybridized carbons (Fsp3) is 0.0667. The van der Waals surface area contributed by atoms with Gasteiger partial charge in [0.15, 0.2) is 11.6 Å². The van der Waals surface area contributed by atoms with Crippen LogP contribution in [0.15, 0.2) is 83.4 Å². The Balaban J connectivity index is 1.66. The molecule has 1 aliphatic rings. The van der Waals surface area contributed by atoms with Gasteiger partial charge in [0.05, 0.1) is 6.72 Å². The van der Waals surface area contributed by atoms with Gasteiger partial charge in [0, 0.05) is 12.3 Å². The number of hydrogen-bond donors (Lipinski definition) is 0. The molecule has 5 aromatic rings. The van der Waals surface area contributed by atoms with E-state index >= 15 is 0 Å². The van der Waals surface area contributed by atoms with Crippen molar-refractivity contribution in [1.29, 1.82) is 0 Å². The molecule has 33 heavy (non-hydrogen) atoms. The van der Waals surface area contributed by atoms with Crippen LogP contribution in [0.4, 0.5) is 4.39 Å². The molecule has 2 heterocycles.